The number of nitrogens with one attached hydrogen (secondary N) is 1. The maximum atomic E-state index is 5.26. The van der Waals surface area contributed by atoms with Crippen LogP contribution < -0.4 is 5.32 Å². The topological polar surface area (TPSA) is 68.8 Å². The van der Waals surface area contributed by atoms with Gasteiger partial charge in [0.05, 0.1) is 5.92 Å². The molecule has 2 aromatic heterocycles. The van der Waals surface area contributed by atoms with Crippen LogP contribution in [0.4, 0.5) is 0 Å². The largest absolute Gasteiger partial charge is 0.339 e. The summed E-state index contributed by atoms with van der Waals surface area (Å²) in [6.45, 7) is 4.13. The molecule has 2 unspecified atom stereocenters. The molecular weight excluding hydrogens is 218 g/mol. The average molecular weight is 235 g/mol. The third-order valence-electron chi connectivity index (χ3n) is 2.98. The van der Waals surface area contributed by atoms with E-state index in [9.17, 15) is 0 Å². The third kappa shape index (κ3) is 2.36. The monoisotopic (exact) mass is 235 g/mol. The Morgan fingerprint density at radius 2 is 2.18 bits per heavy atom. The van der Waals surface area contributed by atoms with Crippen LogP contribution in [0.15, 0.2) is 16.8 Å². The second kappa shape index (κ2) is 4.67. The molecule has 0 bridgehead atoms. The van der Waals surface area contributed by atoms with Crippen LogP contribution in [0, 0.1) is 0 Å². The summed E-state index contributed by atoms with van der Waals surface area (Å²) in [4.78, 5) is 4.37. The van der Waals surface area contributed by atoms with Crippen molar-refractivity contribution < 1.29 is 4.52 Å². The molecule has 2 heterocycles. The van der Waals surface area contributed by atoms with Crippen molar-refractivity contribution in [1.82, 2.24) is 25.2 Å². The van der Waals surface area contributed by atoms with Crippen molar-refractivity contribution in [3.63, 3.8) is 0 Å². The molecule has 2 aromatic rings. The molecule has 6 nitrogen and oxygen atoms in total. The van der Waals surface area contributed by atoms with Gasteiger partial charge in [-0.15, -0.1) is 0 Å². The first-order chi connectivity index (χ1) is 8.11. The van der Waals surface area contributed by atoms with Crippen LogP contribution in [-0.2, 0) is 7.05 Å². The molecule has 0 fully saturated rings. The fourth-order valence-electron chi connectivity index (χ4n) is 1.52. The zero-order valence-electron chi connectivity index (χ0n) is 10.5. The molecule has 0 radical (unpaired) electrons. The van der Waals surface area contributed by atoms with Crippen LogP contribution in [-0.4, -0.2) is 33.0 Å². The summed E-state index contributed by atoms with van der Waals surface area (Å²) >= 11 is 0. The summed E-state index contributed by atoms with van der Waals surface area (Å²) in [5.74, 6) is 1.34. The van der Waals surface area contributed by atoms with Gasteiger partial charge in [-0.2, -0.15) is 10.1 Å². The molecule has 0 saturated heterocycles. The minimum Gasteiger partial charge on any atom is -0.339 e. The molecule has 2 atom stereocenters. The fourth-order valence-corrected chi connectivity index (χ4v) is 1.52. The van der Waals surface area contributed by atoms with Gasteiger partial charge in [0, 0.05) is 19.3 Å². The van der Waals surface area contributed by atoms with Gasteiger partial charge in [0.25, 0.3) is 0 Å². The van der Waals surface area contributed by atoms with E-state index in [0.717, 1.165) is 5.69 Å². The molecule has 0 spiro atoms. The minimum absolute atomic E-state index is 0.171. The van der Waals surface area contributed by atoms with E-state index >= 15 is 0 Å². The Morgan fingerprint density at radius 1 is 1.41 bits per heavy atom. The number of rotatable bonds is 4. The van der Waals surface area contributed by atoms with Gasteiger partial charge >= 0.3 is 0 Å². The first kappa shape index (κ1) is 11.8. The van der Waals surface area contributed by atoms with E-state index in [1.165, 1.54) is 0 Å². The molecule has 6 heteroatoms. The van der Waals surface area contributed by atoms with E-state index in [1.807, 2.05) is 26.4 Å². The molecular formula is C11H17N5O. The maximum Gasteiger partial charge on any atom is 0.231 e. The van der Waals surface area contributed by atoms with Gasteiger partial charge in [-0.3, -0.25) is 4.68 Å². The Bertz CT molecular complexity index is 490. The second-order valence-electron chi connectivity index (χ2n) is 4.20. The number of aryl methyl sites for hydroxylation is 1. The highest BCUT2D eigenvalue weighted by atomic mass is 16.5. The second-order valence-corrected chi connectivity index (χ2v) is 4.20. The lowest BCUT2D eigenvalue weighted by molar-refractivity contribution is 0.336. The first-order valence-corrected chi connectivity index (χ1v) is 5.62. The molecule has 1 N–H and O–H groups in total. The fraction of sp³-hybridized carbons (Fsp3) is 0.545. The van der Waals surface area contributed by atoms with E-state index in [-0.39, 0.29) is 12.0 Å². The van der Waals surface area contributed by atoms with Crippen LogP contribution in [0.3, 0.4) is 0 Å². The molecule has 17 heavy (non-hydrogen) atoms. The van der Waals surface area contributed by atoms with Crippen molar-refractivity contribution in [3.8, 4) is 11.5 Å². The van der Waals surface area contributed by atoms with E-state index in [0.29, 0.717) is 11.7 Å². The van der Waals surface area contributed by atoms with E-state index in [4.69, 9.17) is 4.52 Å². The van der Waals surface area contributed by atoms with Gasteiger partial charge in [-0.05, 0) is 20.0 Å². The number of hydrogen-bond acceptors (Lipinski definition) is 5. The van der Waals surface area contributed by atoms with Gasteiger partial charge < -0.3 is 9.84 Å². The summed E-state index contributed by atoms with van der Waals surface area (Å²) in [6.07, 6.45) is 1.85. The number of aromatic nitrogens is 4. The van der Waals surface area contributed by atoms with Crippen molar-refractivity contribution in [2.24, 2.45) is 7.05 Å². The van der Waals surface area contributed by atoms with Crippen LogP contribution in [0.5, 0.6) is 0 Å². The zero-order chi connectivity index (χ0) is 12.4. The number of likely N-dealkylation sites (N-methyl/N-ethyl adjacent to an activating group) is 1. The molecule has 0 aliphatic carbocycles. The van der Waals surface area contributed by atoms with Gasteiger partial charge in [0.15, 0.2) is 0 Å². The van der Waals surface area contributed by atoms with E-state index in [2.05, 4.69) is 34.4 Å². The Morgan fingerprint density at radius 3 is 2.76 bits per heavy atom. The molecule has 0 aliphatic rings. The quantitative estimate of drug-likeness (QED) is 0.861. The van der Waals surface area contributed by atoms with E-state index < -0.39 is 0 Å². The van der Waals surface area contributed by atoms with Crippen LogP contribution in [0.2, 0.25) is 0 Å². The maximum absolute atomic E-state index is 5.26. The van der Waals surface area contributed by atoms with Crippen molar-refractivity contribution >= 4 is 0 Å². The SMILES string of the molecule is CNC(C)C(C)c1nc(-c2ccn(C)n2)no1. The molecule has 0 aromatic carbocycles. The molecule has 0 amide bonds. The van der Waals surface area contributed by atoms with Crippen LogP contribution in [0.1, 0.15) is 25.7 Å². The Balaban J connectivity index is 2.21. The smallest absolute Gasteiger partial charge is 0.231 e. The summed E-state index contributed by atoms with van der Waals surface area (Å²) in [7, 11) is 3.77. The van der Waals surface area contributed by atoms with Gasteiger partial charge in [-0.1, -0.05) is 12.1 Å². The van der Waals surface area contributed by atoms with Gasteiger partial charge in [0.2, 0.25) is 11.7 Å². The van der Waals surface area contributed by atoms with Gasteiger partial charge in [0.1, 0.15) is 5.69 Å². The van der Waals surface area contributed by atoms with Gasteiger partial charge in [-0.25, -0.2) is 0 Å². The summed E-state index contributed by atoms with van der Waals surface area (Å²) in [6, 6.07) is 2.15. The Labute approximate surface area is 100 Å². The highest BCUT2D eigenvalue weighted by Gasteiger charge is 2.20. The standard InChI is InChI=1S/C11H17N5O/c1-7(8(2)12-3)11-13-10(15-17-11)9-5-6-16(4)14-9/h5-8,12H,1-4H3. The first-order valence-electron chi connectivity index (χ1n) is 5.62. The predicted octanol–water partition coefficient (Wildman–Crippen LogP) is 1.18. The number of nitrogens with zero attached hydrogens (tertiary/aromatic N) is 4. The normalized spacial score (nSPS) is 14.8. The minimum atomic E-state index is 0.171. The van der Waals surface area contributed by atoms with Crippen molar-refractivity contribution in [2.45, 2.75) is 25.8 Å². The predicted molar refractivity (Wildman–Crippen MR) is 63.4 cm³/mol. The summed E-state index contributed by atoms with van der Waals surface area (Å²) < 4.78 is 6.98. The van der Waals surface area contributed by atoms with Crippen molar-refractivity contribution in [2.75, 3.05) is 7.05 Å². The number of hydrogen-bond donors (Lipinski definition) is 1. The third-order valence-corrected chi connectivity index (χ3v) is 2.98. The lowest BCUT2D eigenvalue weighted by Crippen LogP contribution is -2.27. The molecule has 0 saturated carbocycles. The van der Waals surface area contributed by atoms with E-state index in [1.54, 1.807) is 4.68 Å². The highest BCUT2D eigenvalue weighted by Crippen LogP contribution is 2.20. The van der Waals surface area contributed by atoms with Crippen molar-refractivity contribution in [1.29, 1.82) is 0 Å². The lowest BCUT2D eigenvalue weighted by atomic mass is 10.0. The molecule has 92 valence electrons. The Kier molecular flexibility index (Phi) is 3.23. The Hall–Kier alpha value is -1.69. The molecule has 0 aliphatic heterocycles. The molecule has 2 rings (SSSR count). The average Bonchev–Trinajstić information content (AvgIpc) is 2.95. The van der Waals surface area contributed by atoms with Crippen molar-refractivity contribution in [3.05, 3.63) is 18.2 Å². The highest BCUT2D eigenvalue weighted by molar-refractivity contribution is 5.46. The zero-order valence-corrected chi connectivity index (χ0v) is 10.5. The lowest BCUT2D eigenvalue weighted by Gasteiger charge is -2.14. The van der Waals surface area contributed by atoms with Crippen LogP contribution in [0.25, 0.3) is 11.5 Å². The summed E-state index contributed by atoms with van der Waals surface area (Å²) in [5.41, 5.74) is 0.729. The van der Waals surface area contributed by atoms with Crippen LogP contribution >= 0.6 is 0 Å². The summed E-state index contributed by atoms with van der Waals surface area (Å²) in [5, 5.41) is 11.4.